The summed E-state index contributed by atoms with van der Waals surface area (Å²) in [4.78, 5) is 0. The van der Waals surface area contributed by atoms with Crippen molar-refractivity contribution >= 4 is 18.2 Å². The summed E-state index contributed by atoms with van der Waals surface area (Å²) in [5.74, 6) is 1.43. The molecule has 0 atom stereocenters. The molecule has 3 rings (SSSR count). The monoisotopic (exact) mass is 387 g/mol. The highest BCUT2D eigenvalue weighted by Gasteiger charge is 2.11. The lowest BCUT2D eigenvalue weighted by atomic mass is 10.1. The van der Waals surface area contributed by atoms with Crippen molar-refractivity contribution in [2.45, 2.75) is 13.2 Å². The van der Waals surface area contributed by atoms with Crippen LogP contribution in [0.4, 0.5) is 0 Å². The summed E-state index contributed by atoms with van der Waals surface area (Å²) in [6, 6.07) is 22.1. The SMILES string of the molecule is C=Cc1cccc(/C=C/c2ccc(OC)c(OCc3ccccc3)c2)[n+]1CCN. The molecule has 0 aliphatic rings. The van der Waals surface area contributed by atoms with Crippen LogP contribution in [-0.4, -0.2) is 13.7 Å². The summed E-state index contributed by atoms with van der Waals surface area (Å²) < 4.78 is 13.6. The maximum Gasteiger partial charge on any atom is 0.205 e. The van der Waals surface area contributed by atoms with Crippen molar-refractivity contribution in [2.24, 2.45) is 5.73 Å². The summed E-state index contributed by atoms with van der Waals surface area (Å²) in [5, 5.41) is 0. The minimum absolute atomic E-state index is 0.488. The summed E-state index contributed by atoms with van der Waals surface area (Å²) in [5.41, 5.74) is 10.0. The Morgan fingerprint density at radius 2 is 1.72 bits per heavy atom. The van der Waals surface area contributed by atoms with E-state index in [2.05, 4.69) is 29.4 Å². The molecule has 0 amide bonds. The molecule has 0 fully saturated rings. The van der Waals surface area contributed by atoms with Gasteiger partial charge in [-0.15, -0.1) is 0 Å². The topological polar surface area (TPSA) is 48.4 Å². The van der Waals surface area contributed by atoms with E-state index in [0.29, 0.717) is 24.7 Å². The predicted octanol–water partition coefficient (Wildman–Crippen LogP) is 4.33. The second kappa shape index (κ2) is 10.2. The first-order chi connectivity index (χ1) is 14.2. The van der Waals surface area contributed by atoms with Crippen LogP contribution in [0.2, 0.25) is 0 Å². The average Bonchev–Trinajstić information content (AvgIpc) is 2.77. The minimum Gasteiger partial charge on any atom is -0.493 e. The molecule has 0 aliphatic carbocycles. The lowest BCUT2D eigenvalue weighted by Gasteiger charge is -2.11. The smallest absolute Gasteiger partial charge is 0.205 e. The van der Waals surface area contributed by atoms with Gasteiger partial charge in [-0.1, -0.05) is 43.0 Å². The van der Waals surface area contributed by atoms with E-state index in [1.807, 2.05) is 66.7 Å². The van der Waals surface area contributed by atoms with Gasteiger partial charge in [0.05, 0.1) is 13.7 Å². The summed E-state index contributed by atoms with van der Waals surface area (Å²) in [7, 11) is 1.65. The number of hydrogen-bond acceptors (Lipinski definition) is 3. The van der Waals surface area contributed by atoms with Crippen molar-refractivity contribution in [3.8, 4) is 11.5 Å². The van der Waals surface area contributed by atoms with Crippen LogP contribution in [0.5, 0.6) is 11.5 Å². The molecule has 29 heavy (non-hydrogen) atoms. The van der Waals surface area contributed by atoms with E-state index >= 15 is 0 Å². The van der Waals surface area contributed by atoms with Crippen LogP contribution >= 0.6 is 0 Å². The Kier molecular flexibility index (Phi) is 7.20. The van der Waals surface area contributed by atoms with Crippen LogP contribution in [-0.2, 0) is 13.2 Å². The van der Waals surface area contributed by atoms with Crippen LogP contribution in [0, 0.1) is 0 Å². The zero-order valence-corrected chi connectivity index (χ0v) is 16.8. The Morgan fingerprint density at radius 1 is 0.931 bits per heavy atom. The van der Waals surface area contributed by atoms with Crippen molar-refractivity contribution in [1.82, 2.24) is 0 Å². The zero-order valence-electron chi connectivity index (χ0n) is 16.8. The number of nitrogens with two attached hydrogens (primary N) is 1. The quantitative estimate of drug-likeness (QED) is 0.556. The first-order valence-electron chi connectivity index (χ1n) is 9.63. The first kappa shape index (κ1) is 20.4. The second-order valence-corrected chi connectivity index (χ2v) is 6.54. The van der Waals surface area contributed by atoms with E-state index in [1.54, 1.807) is 7.11 Å². The van der Waals surface area contributed by atoms with Gasteiger partial charge in [-0.05, 0) is 35.4 Å². The first-order valence-corrected chi connectivity index (χ1v) is 9.63. The molecule has 148 valence electrons. The third-order valence-corrected chi connectivity index (χ3v) is 4.59. The maximum absolute atomic E-state index is 6.01. The van der Waals surface area contributed by atoms with E-state index < -0.39 is 0 Å². The molecular formula is C25H27N2O2+. The van der Waals surface area contributed by atoms with Gasteiger partial charge in [0.1, 0.15) is 6.61 Å². The molecule has 1 heterocycles. The van der Waals surface area contributed by atoms with Crippen LogP contribution in [0.1, 0.15) is 22.5 Å². The predicted molar refractivity (Wildman–Crippen MR) is 118 cm³/mol. The Balaban J connectivity index is 1.83. The number of nitrogens with zero attached hydrogens (tertiary/aromatic N) is 1. The van der Waals surface area contributed by atoms with Gasteiger partial charge >= 0.3 is 0 Å². The third kappa shape index (κ3) is 5.33. The lowest BCUT2D eigenvalue weighted by molar-refractivity contribution is -0.697. The second-order valence-electron chi connectivity index (χ2n) is 6.54. The molecule has 2 aromatic carbocycles. The number of pyridine rings is 1. The summed E-state index contributed by atoms with van der Waals surface area (Å²) >= 11 is 0. The van der Waals surface area contributed by atoms with Crippen molar-refractivity contribution in [2.75, 3.05) is 13.7 Å². The summed E-state index contributed by atoms with van der Waals surface area (Å²) in [6.45, 7) is 5.68. The van der Waals surface area contributed by atoms with Crippen molar-refractivity contribution in [1.29, 1.82) is 0 Å². The molecule has 0 saturated carbocycles. The molecule has 0 bridgehead atoms. The van der Waals surface area contributed by atoms with Crippen LogP contribution in [0.25, 0.3) is 18.2 Å². The van der Waals surface area contributed by atoms with E-state index in [9.17, 15) is 0 Å². The van der Waals surface area contributed by atoms with Gasteiger partial charge in [0, 0.05) is 24.3 Å². The number of ether oxygens (including phenoxy) is 2. The van der Waals surface area contributed by atoms with Gasteiger partial charge < -0.3 is 15.2 Å². The van der Waals surface area contributed by atoms with Gasteiger partial charge in [-0.2, -0.15) is 4.57 Å². The highest BCUT2D eigenvalue weighted by molar-refractivity contribution is 5.69. The molecule has 4 heteroatoms. The Hall–Kier alpha value is -3.37. The molecule has 1 aromatic heterocycles. The average molecular weight is 388 g/mol. The number of hydrogen-bond donors (Lipinski definition) is 1. The van der Waals surface area contributed by atoms with E-state index in [0.717, 1.165) is 29.1 Å². The minimum atomic E-state index is 0.488. The highest BCUT2D eigenvalue weighted by atomic mass is 16.5. The molecule has 4 nitrogen and oxygen atoms in total. The van der Waals surface area contributed by atoms with E-state index in [1.165, 1.54) is 0 Å². The Labute approximate surface area is 172 Å². The van der Waals surface area contributed by atoms with Crippen LogP contribution in [0.3, 0.4) is 0 Å². The Bertz CT molecular complexity index is 981. The fraction of sp³-hybridized carbons (Fsp3) is 0.160. The molecule has 0 spiro atoms. The molecule has 0 unspecified atom stereocenters. The van der Waals surface area contributed by atoms with Crippen LogP contribution in [0.15, 0.2) is 73.3 Å². The standard InChI is InChI=1S/C25H27N2O2/c1-3-22-10-7-11-23(27(22)17-16-26)14-12-20-13-15-24(28-2)25(18-20)29-19-21-8-5-4-6-9-21/h3-15,18H,1,16-17,19,26H2,2H3/q+1/b14-12+. The molecule has 3 aromatic rings. The fourth-order valence-electron chi connectivity index (χ4n) is 3.11. The van der Waals surface area contributed by atoms with Crippen molar-refractivity contribution in [3.05, 3.63) is 95.8 Å². The van der Waals surface area contributed by atoms with Gasteiger partial charge in [-0.3, -0.25) is 0 Å². The molecule has 0 aliphatic heterocycles. The van der Waals surface area contributed by atoms with Crippen LogP contribution < -0.4 is 19.8 Å². The molecule has 0 radical (unpaired) electrons. The molecular weight excluding hydrogens is 360 g/mol. The van der Waals surface area contributed by atoms with Crippen molar-refractivity contribution < 1.29 is 14.0 Å². The lowest BCUT2D eigenvalue weighted by Crippen LogP contribution is -2.43. The largest absolute Gasteiger partial charge is 0.493 e. The zero-order chi connectivity index (χ0) is 20.5. The third-order valence-electron chi connectivity index (χ3n) is 4.59. The molecule has 0 saturated heterocycles. The number of methoxy groups -OCH3 is 1. The maximum atomic E-state index is 6.01. The fourth-order valence-corrected chi connectivity index (χ4v) is 3.11. The number of aromatic nitrogens is 1. The van der Waals surface area contributed by atoms with Gasteiger partial charge in [0.25, 0.3) is 0 Å². The van der Waals surface area contributed by atoms with Crippen molar-refractivity contribution in [3.63, 3.8) is 0 Å². The van der Waals surface area contributed by atoms with E-state index in [4.69, 9.17) is 15.2 Å². The van der Waals surface area contributed by atoms with E-state index in [-0.39, 0.29) is 0 Å². The number of benzene rings is 2. The van der Waals surface area contributed by atoms with Gasteiger partial charge in [-0.25, -0.2) is 0 Å². The Morgan fingerprint density at radius 3 is 2.45 bits per heavy atom. The number of rotatable bonds is 9. The normalized spacial score (nSPS) is 10.8. The molecule has 2 N–H and O–H groups in total. The van der Waals surface area contributed by atoms with Gasteiger partial charge in [0.15, 0.2) is 18.0 Å². The van der Waals surface area contributed by atoms with Gasteiger partial charge in [0.2, 0.25) is 11.4 Å². The summed E-state index contributed by atoms with van der Waals surface area (Å²) in [6.07, 6.45) is 5.98. The highest BCUT2D eigenvalue weighted by Crippen LogP contribution is 2.29.